The molecule has 2 aromatic rings. The maximum absolute atomic E-state index is 12.9. The first kappa shape index (κ1) is 22.4. The first-order valence-corrected chi connectivity index (χ1v) is 11.6. The van der Waals surface area contributed by atoms with E-state index in [1.807, 2.05) is 44.2 Å². The van der Waals surface area contributed by atoms with Gasteiger partial charge >= 0.3 is 0 Å². The summed E-state index contributed by atoms with van der Waals surface area (Å²) >= 11 is 1.40. The number of thioether (sulfide) groups is 1. The summed E-state index contributed by atoms with van der Waals surface area (Å²) in [5.41, 5.74) is 5.01. The second-order valence-corrected chi connectivity index (χ2v) is 10.4. The molecule has 5 heteroatoms. The van der Waals surface area contributed by atoms with Crippen molar-refractivity contribution in [1.29, 1.82) is 5.26 Å². The van der Waals surface area contributed by atoms with E-state index in [1.165, 1.54) is 17.3 Å². The number of nitrogens with one attached hydrogen (secondary N) is 1. The molecular weight excluding hydrogens is 390 g/mol. The average molecular weight is 422 g/mol. The number of nitriles is 1. The molecule has 3 rings (SSSR count). The number of rotatable bonds is 5. The summed E-state index contributed by atoms with van der Waals surface area (Å²) in [4.78, 5) is 17.7. The van der Waals surface area contributed by atoms with Gasteiger partial charge in [0, 0.05) is 11.4 Å². The van der Waals surface area contributed by atoms with Gasteiger partial charge < -0.3 is 5.32 Å². The van der Waals surface area contributed by atoms with Gasteiger partial charge in [-0.1, -0.05) is 51.6 Å². The molecule has 2 atom stereocenters. The number of hydrogen-bond acceptors (Lipinski definition) is 4. The highest BCUT2D eigenvalue weighted by molar-refractivity contribution is 8.00. The SMILES string of the molecule is CCC(Sc1nc2c(cc1C#N)CC(C(C)(C)C)CC2)C(=O)Nc1cccc(C)c1. The normalized spacial score (nSPS) is 17.0. The number of benzene rings is 1. The average Bonchev–Trinajstić information content (AvgIpc) is 2.70. The third-order valence-electron chi connectivity index (χ3n) is 5.90. The Morgan fingerprint density at radius 2 is 2.13 bits per heavy atom. The fraction of sp³-hybridized carbons (Fsp3) is 0.480. The first-order valence-electron chi connectivity index (χ1n) is 10.7. The Morgan fingerprint density at radius 1 is 1.37 bits per heavy atom. The minimum absolute atomic E-state index is 0.0516. The molecule has 1 amide bonds. The number of aromatic nitrogens is 1. The number of fused-ring (bicyclic) bond motifs is 1. The Kier molecular flexibility index (Phi) is 6.88. The van der Waals surface area contributed by atoms with E-state index >= 15 is 0 Å². The largest absolute Gasteiger partial charge is 0.325 e. The van der Waals surface area contributed by atoms with Crippen LogP contribution in [0.3, 0.4) is 0 Å². The van der Waals surface area contributed by atoms with Crippen LogP contribution in [-0.4, -0.2) is 16.1 Å². The van der Waals surface area contributed by atoms with Gasteiger partial charge in [-0.25, -0.2) is 4.98 Å². The first-order chi connectivity index (χ1) is 14.2. The molecule has 0 fully saturated rings. The lowest BCUT2D eigenvalue weighted by Crippen LogP contribution is -2.28. The standard InChI is InChI=1S/C25H31N3OS/c1-6-22(23(29)27-20-9-7-8-16(2)12-20)30-24-18(15-26)13-17-14-19(25(3,4)5)10-11-21(17)28-24/h7-9,12-13,19,22H,6,10-11,14H2,1-5H3,(H,27,29). The Balaban J connectivity index is 1.79. The number of carbonyl (C=O) groups is 1. The van der Waals surface area contributed by atoms with Crippen molar-refractivity contribution in [2.24, 2.45) is 11.3 Å². The predicted octanol–water partition coefficient (Wildman–Crippen LogP) is 5.92. The lowest BCUT2D eigenvalue weighted by Gasteiger charge is -2.34. The van der Waals surface area contributed by atoms with Crippen LogP contribution in [0.15, 0.2) is 35.4 Å². The van der Waals surface area contributed by atoms with Crippen molar-refractivity contribution in [3.05, 3.63) is 52.7 Å². The number of aryl methyl sites for hydroxylation is 2. The summed E-state index contributed by atoms with van der Waals surface area (Å²) in [6, 6.07) is 12.1. The van der Waals surface area contributed by atoms with Gasteiger partial charge in [-0.05, 0) is 73.3 Å². The Bertz CT molecular complexity index is 971. The van der Waals surface area contributed by atoms with Gasteiger partial charge in [0.05, 0.1) is 10.8 Å². The molecule has 1 aromatic heterocycles. The molecule has 1 heterocycles. The van der Waals surface area contributed by atoms with E-state index < -0.39 is 0 Å². The third kappa shape index (κ3) is 5.23. The zero-order chi connectivity index (χ0) is 21.9. The van der Waals surface area contributed by atoms with Crippen molar-refractivity contribution in [2.75, 3.05) is 5.32 Å². The molecule has 0 saturated heterocycles. The van der Waals surface area contributed by atoms with Crippen molar-refractivity contribution in [3.63, 3.8) is 0 Å². The zero-order valence-electron chi connectivity index (χ0n) is 18.6. The quantitative estimate of drug-likeness (QED) is 0.608. The number of carbonyl (C=O) groups excluding carboxylic acids is 1. The minimum atomic E-state index is -0.297. The van der Waals surface area contributed by atoms with Crippen molar-refractivity contribution in [2.45, 2.75) is 70.6 Å². The summed E-state index contributed by atoms with van der Waals surface area (Å²) in [7, 11) is 0. The monoisotopic (exact) mass is 421 g/mol. The van der Waals surface area contributed by atoms with Crippen LogP contribution in [0, 0.1) is 29.6 Å². The smallest absolute Gasteiger partial charge is 0.237 e. The van der Waals surface area contributed by atoms with Crippen LogP contribution in [0.2, 0.25) is 0 Å². The number of nitrogens with zero attached hydrogens (tertiary/aromatic N) is 2. The van der Waals surface area contributed by atoms with E-state index in [4.69, 9.17) is 4.98 Å². The molecule has 0 radical (unpaired) electrons. The molecule has 30 heavy (non-hydrogen) atoms. The number of hydrogen-bond donors (Lipinski definition) is 1. The fourth-order valence-electron chi connectivity index (χ4n) is 3.96. The maximum Gasteiger partial charge on any atom is 0.237 e. The lowest BCUT2D eigenvalue weighted by molar-refractivity contribution is -0.115. The van der Waals surface area contributed by atoms with E-state index in [2.05, 4.69) is 32.2 Å². The Morgan fingerprint density at radius 3 is 2.77 bits per heavy atom. The van der Waals surface area contributed by atoms with Gasteiger partial charge in [0.1, 0.15) is 11.1 Å². The summed E-state index contributed by atoms with van der Waals surface area (Å²) in [6.45, 7) is 10.8. The third-order valence-corrected chi connectivity index (χ3v) is 7.27. The molecule has 4 nitrogen and oxygen atoms in total. The van der Waals surface area contributed by atoms with Crippen molar-refractivity contribution in [3.8, 4) is 6.07 Å². The molecule has 158 valence electrons. The van der Waals surface area contributed by atoms with Gasteiger partial charge in [-0.3, -0.25) is 4.79 Å². The highest BCUT2D eigenvalue weighted by Gasteiger charge is 2.30. The van der Waals surface area contributed by atoms with Crippen LogP contribution >= 0.6 is 11.8 Å². The maximum atomic E-state index is 12.9. The lowest BCUT2D eigenvalue weighted by atomic mass is 9.71. The van der Waals surface area contributed by atoms with Crippen molar-refractivity contribution < 1.29 is 4.79 Å². The molecule has 1 aliphatic rings. The Hall–Kier alpha value is -2.32. The van der Waals surface area contributed by atoms with Crippen LogP contribution in [-0.2, 0) is 17.6 Å². The zero-order valence-corrected chi connectivity index (χ0v) is 19.4. The van der Waals surface area contributed by atoms with Crippen LogP contribution in [0.4, 0.5) is 5.69 Å². The van der Waals surface area contributed by atoms with E-state index in [1.54, 1.807) is 0 Å². The molecule has 0 aliphatic heterocycles. The summed E-state index contributed by atoms with van der Waals surface area (Å²) in [5, 5.41) is 13.1. The molecule has 1 N–H and O–H groups in total. The van der Waals surface area contributed by atoms with Crippen LogP contribution in [0.25, 0.3) is 0 Å². The molecular formula is C25H31N3OS. The summed E-state index contributed by atoms with van der Waals surface area (Å²) in [6.07, 6.45) is 3.68. The van der Waals surface area contributed by atoms with Crippen molar-refractivity contribution in [1.82, 2.24) is 4.98 Å². The number of pyridine rings is 1. The number of amides is 1. The van der Waals surface area contributed by atoms with Gasteiger partial charge in [0.2, 0.25) is 5.91 Å². The van der Waals surface area contributed by atoms with Gasteiger partial charge in [-0.2, -0.15) is 5.26 Å². The molecule has 0 bridgehead atoms. The van der Waals surface area contributed by atoms with Gasteiger partial charge in [0.15, 0.2) is 0 Å². The molecule has 1 aliphatic carbocycles. The molecule has 2 unspecified atom stereocenters. The fourth-order valence-corrected chi connectivity index (χ4v) is 4.95. The molecule has 0 spiro atoms. The van der Waals surface area contributed by atoms with Crippen LogP contribution in [0.5, 0.6) is 0 Å². The molecule has 0 saturated carbocycles. The summed E-state index contributed by atoms with van der Waals surface area (Å²) < 4.78 is 0. The van der Waals surface area contributed by atoms with Gasteiger partial charge in [-0.15, -0.1) is 0 Å². The van der Waals surface area contributed by atoms with E-state index in [-0.39, 0.29) is 16.6 Å². The highest BCUT2D eigenvalue weighted by atomic mass is 32.2. The Labute approximate surface area is 184 Å². The van der Waals surface area contributed by atoms with E-state index in [0.717, 1.165) is 36.2 Å². The minimum Gasteiger partial charge on any atom is -0.325 e. The number of anilines is 1. The van der Waals surface area contributed by atoms with Crippen molar-refractivity contribution >= 4 is 23.4 Å². The topological polar surface area (TPSA) is 65.8 Å². The summed E-state index contributed by atoms with van der Waals surface area (Å²) in [5.74, 6) is 0.546. The predicted molar refractivity (Wildman–Crippen MR) is 124 cm³/mol. The highest BCUT2D eigenvalue weighted by Crippen LogP contribution is 2.38. The molecule has 1 aromatic carbocycles. The second kappa shape index (κ2) is 9.22. The van der Waals surface area contributed by atoms with Crippen LogP contribution < -0.4 is 5.32 Å². The van der Waals surface area contributed by atoms with Gasteiger partial charge in [0.25, 0.3) is 0 Å². The second-order valence-electron chi connectivity index (χ2n) is 9.24. The van der Waals surface area contributed by atoms with E-state index in [9.17, 15) is 10.1 Å². The van der Waals surface area contributed by atoms with Crippen LogP contribution in [0.1, 0.15) is 62.9 Å². The van der Waals surface area contributed by atoms with E-state index in [0.29, 0.717) is 22.9 Å².